The first-order valence-corrected chi connectivity index (χ1v) is 8.36. The minimum absolute atomic E-state index is 0.123. The Bertz CT molecular complexity index is 706. The van der Waals surface area contributed by atoms with Gasteiger partial charge < -0.3 is 24.0 Å². The average Bonchev–Trinajstić information content (AvgIpc) is 3.32. The lowest BCUT2D eigenvalue weighted by atomic mass is 10.2. The zero-order chi connectivity index (χ0) is 17.8. The first-order valence-electron chi connectivity index (χ1n) is 8.36. The maximum absolute atomic E-state index is 12.2. The van der Waals surface area contributed by atoms with Gasteiger partial charge in [-0.15, -0.1) is 10.2 Å². The Morgan fingerprint density at radius 2 is 2.36 bits per heavy atom. The standard InChI is InChI=1S/C15H23N7O3/c1-10(2)22-9-17-19-13(22)8-21(3)15(23)16-7-12-18-14(25-20-12)11-5-4-6-24-11/h9-11H,4-8H2,1-3H3,(H,16,23)/t11-/m0/s1. The third-order valence-electron chi connectivity index (χ3n) is 4.02. The molecule has 0 bridgehead atoms. The lowest BCUT2D eigenvalue weighted by molar-refractivity contribution is 0.0835. The fourth-order valence-corrected chi connectivity index (χ4v) is 2.63. The molecule has 0 aliphatic carbocycles. The van der Waals surface area contributed by atoms with Crippen molar-refractivity contribution in [3.8, 4) is 0 Å². The summed E-state index contributed by atoms with van der Waals surface area (Å²) in [5.41, 5.74) is 0. The minimum Gasteiger partial charge on any atom is -0.368 e. The molecule has 1 aliphatic rings. The quantitative estimate of drug-likeness (QED) is 0.839. The number of amides is 2. The minimum atomic E-state index is -0.248. The molecule has 1 N–H and O–H groups in total. The SMILES string of the molecule is CC(C)n1cnnc1CN(C)C(=O)NCc1noc([C@@H]2CCCO2)n1. The third-order valence-corrected chi connectivity index (χ3v) is 4.02. The number of aromatic nitrogens is 5. The van der Waals surface area contributed by atoms with Gasteiger partial charge in [-0.05, 0) is 26.7 Å². The molecule has 2 aromatic rings. The molecule has 2 aromatic heterocycles. The Morgan fingerprint density at radius 3 is 3.08 bits per heavy atom. The molecule has 1 atom stereocenters. The number of nitrogens with one attached hydrogen (secondary N) is 1. The molecular weight excluding hydrogens is 326 g/mol. The lowest BCUT2D eigenvalue weighted by Gasteiger charge is -2.18. The van der Waals surface area contributed by atoms with Gasteiger partial charge in [0.25, 0.3) is 5.89 Å². The van der Waals surface area contributed by atoms with Crippen molar-refractivity contribution >= 4 is 6.03 Å². The summed E-state index contributed by atoms with van der Waals surface area (Å²) in [6.45, 7) is 5.34. The fourth-order valence-electron chi connectivity index (χ4n) is 2.63. The molecule has 2 amide bonds. The van der Waals surface area contributed by atoms with Crippen molar-refractivity contribution < 1.29 is 14.1 Å². The second-order valence-corrected chi connectivity index (χ2v) is 6.31. The Morgan fingerprint density at radius 1 is 1.52 bits per heavy atom. The van der Waals surface area contributed by atoms with Gasteiger partial charge in [-0.2, -0.15) is 4.98 Å². The monoisotopic (exact) mass is 349 g/mol. The Labute approximate surface area is 145 Å². The normalized spacial score (nSPS) is 17.2. The predicted molar refractivity (Wildman–Crippen MR) is 86.3 cm³/mol. The average molecular weight is 349 g/mol. The summed E-state index contributed by atoms with van der Waals surface area (Å²) in [6, 6.07) is -0.0150. The van der Waals surface area contributed by atoms with Crippen LogP contribution in [0.1, 0.15) is 56.4 Å². The van der Waals surface area contributed by atoms with Crippen LogP contribution >= 0.6 is 0 Å². The van der Waals surface area contributed by atoms with Crippen molar-refractivity contribution in [3.05, 3.63) is 23.9 Å². The summed E-state index contributed by atoms with van der Waals surface area (Å²) in [5, 5.41) is 14.6. The molecule has 136 valence electrons. The number of hydrogen-bond donors (Lipinski definition) is 1. The number of hydrogen-bond acceptors (Lipinski definition) is 7. The van der Waals surface area contributed by atoms with Crippen LogP contribution < -0.4 is 5.32 Å². The molecule has 1 aliphatic heterocycles. The summed E-state index contributed by atoms with van der Waals surface area (Å²) >= 11 is 0. The number of carbonyl (C=O) groups excluding carboxylic acids is 1. The number of nitrogens with zero attached hydrogens (tertiary/aromatic N) is 6. The van der Waals surface area contributed by atoms with E-state index in [1.54, 1.807) is 13.4 Å². The van der Waals surface area contributed by atoms with Gasteiger partial charge in [-0.3, -0.25) is 0 Å². The van der Waals surface area contributed by atoms with Crippen LogP contribution in [0.2, 0.25) is 0 Å². The smallest absolute Gasteiger partial charge is 0.317 e. The van der Waals surface area contributed by atoms with Crippen LogP contribution in [0.25, 0.3) is 0 Å². The summed E-state index contributed by atoms with van der Waals surface area (Å²) in [7, 11) is 1.70. The molecule has 1 saturated heterocycles. The molecule has 0 saturated carbocycles. The van der Waals surface area contributed by atoms with Crippen LogP contribution in [0.15, 0.2) is 10.9 Å². The van der Waals surface area contributed by atoms with Crippen molar-refractivity contribution in [2.75, 3.05) is 13.7 Å². The van der Waals surface area contributed by atoms with Gasteiger partial charge in [0.15, 0.2) is 11.6 Å². The highest BCUT2D eigenvalue weighted by atomic mass is 16.5. The number of carbonyl (C=O) groups is 1. The zero-order valence-corrected chi connectivity index (χ0v) is 14.7. The maximum atomic E-state index is 12.2. The summed E-state index contributed by atoms with van der Waals surface area (Å²) in [4.78, 5) is 18.0. The maximum Gasteiger partial charge on any atom is 0.317 e. The fraction of sp³-hybridized carbons (Fsp3) is 0.667. The van der Waals surface area contributed by atoms with Crippen molar-refractivity contribution in [3.63, 3.8) is 0 Å². The van der Waals surface area contributed by atoms with Crippen molar-refractivity contribution in [1.29, 1.82) is 0 Å². The van der Waals surface area contributed by atoms with E-state index in [1.165, 1.54) is 4.90 Å². The highest BCUT2D eigenvalue weighted by Crippen LogP contribution is 2.26. The van der Waals surface area contributed by atoms with E-state index in [-0.39, 0.29) is 24.7 Å². The Hall–Kier alpha value is -2.49. The highest BCUT2D eigenvalue weighted by Gasteiger charge is 2.24. The molecule has 10 nitrogen and oxygen atoms in total. The number of ether oxygens (including phenoxy) is 1. The number of rotatable bonds is 6. The van der Waals surface area contributed by atoms with E-state index in [4.69, 9.17) is 9.26 Å². The molecule has 3 rings (SSSR count). The summed E-state index contributed by atoms with van der Waals surface area (Å²) in [5.74, 6) is 1.63. The second kappa shape index (κ2) is 7.60. The summed E-state index contributed by atoms with van der Waals surface area (Å²) in [6.07, 6.45) is 3.41. The van der Waals surface area contributed by atoms with Crippen molar-refractivity contribution in [2.24, 2.45) is 0 Å². The molecule has 10 heteroatoms. The first kappa shape index (κ1) is 17.3. The predicted octanol–water partition coefficient (Wildman–Crippen LogP) is 1.44. The molecule has 0 aromatic carbocycles. The Kier molecular flexibility index (Phi) is 5.27. The van der Waals surface area contributed by atoms with Crippen molar-refractivity contribution in [1.82, 2.24) is 35.1 Å². The van der Waals surface area contributed by atoms with Gasteiger partial charge in [0.05, 0.1) is 13.1 Å². The van der Waals surface area contributed by atoms with Crippen LogP contribution in [-0.2, 0) is 17.8 Å². The van der Waals surface area contributed by atoms with E-state index in [9.17, 15) is 4.79 Å². The van der Waals surface area contributed by atoms with E-state index < -0.39 is 0 Å². The van der Waals surface area contributed by atoms with Crippen LogP contribution in [0.4, 0.5) is 4.79 Å². The van der Waals surface area contributed by atoms with Crippen LogP contribution in [0.5, 0.6) is 0 Å². The van der Waals surface area contributed by atoms with E-state index >= 15 is 0 Å². The molecule has 0 spiro atoms. The van der Waals surface area contributed by atoms with Gasteiger partial charge in [0, 0.05) is 19.7 Å². The molecule has 0 radical (unpaired) electrons. The van der Waals surface area contributed by atoms with E-state index in [0.29, 0.717) is 24.9 Å². The highest BCUT2D eigenvalue weighted by molar-refractivity contribution is 5.73. The van der Waals surface area contributed by atoms with E-state index in [1.807, 2.05) is 18.4 Å². The zero-order valence-electron chi connectivity index (χ0n) is 14.7. The van der Waals surface area contributed by atoms with Crippen LogP contribution in [0, 0.1) is 0 Å². The van der Waals surface area contributed by atoms with Crippen molar-refractivity contribution in [2.45, 2.75) is 51.9 Å². The first-order chi connectivity index (χ1) is 12.0. The second-order valence-electron chi connectivity index (χ2n) is 6.31. The Balaban J connectivity index is 1.51. The van der Waals surface area contributed by atoms with Gasteiger partial charge in [0.1, 0.15) is 12.4 Å². The number of urea groups is 1. The lowest BCUT2D eigenvalue weighted by Crippen LogP contribution is -2.37. The molecule has 1 fully saturated rings. The van der Waals surface area contributed by atoms with Gasteiger partial charge in [-0.1, -0.05) is 5.16 Å². The van der Waals surface area contributed by atoms with Crippen LogP contribution in [0.3, 0.4) is 0 Å². The van der Waals surface area contributed by atoms with E-state index in [0.717, 1.165) is 18.7 Å². The largest absolute Gasteiger partial charge is 0.368 e. The summed E-state index contributed by atoms with van der Waals surface area (Å²) < 4.78 is 12.6. The van der Waals surface area contributed by atoms with E-state index in [2.05, 4.69) is 25.7 Å². The topological polar surface area (TPSA) is 111 Å². The van der Waals surface area contributed by atoms with Crippen LogP contribution in [-0.4, -0.2) is 49.5 Å². The molecule has 25 heavy (non-hydrogen) atoms. The van der Waals surface area contributed by atoms with Gasteiger partial charge in [-0.25, -0.2) is 4.79 Å². The molecule has 3 heterocycles. The van der Waals surface area contributed by atoms with Gasteiger partial charge >= 0.3 is 6.03 Å². The molecule has 0 unspecified atom stereocenters. The molecular formula is C15H23N7O3. The third kappa shape index (κ3) is 4.13. The van der Waals surface area contributed by atoms with Gasteiger partial charge in [0.2, 0.25) is 0 Å².